The van der Waals surface area contributed by atoms with Gasteiger partial charge in [-0.3, -0.25) is 0 Å². The van der Waals surface area contributed by atoms with Crippen LogP contribution in [0.1, 0.15) is 32.6 Å². The monoisotopic (exact) mass is 307 g/mol. The lowest BCUT2D eigenvalue weighted by atomic mass is 9.93. The van der Waals surface area contributed by atoms with Crippen molar-refractivity contribution in [1.82, 2.24) is 0 Å². The number of allylic oxidation sites excluding steroid dienone is 3. The third-order valence-electron chi connectivity index (χ3n) is 2.97. The maximum absolute atomic E-state index is 11.0. The van der Waals surface area contributed by atoms with Crippen molar-refractivity contribution < 1.29 is 14.6 Å². The summed E-state index contributed by atoms with van der Waals surface area (Å²) in [5.74, 6) is 0. The van der Waals surface area contributed by atoms with Crippen LogP contribution in [-0.2, 0) is 4.74 Å². The van der Waals surface area contributed by atoms with Gasteiger partial charge in [-0.1, -0.05) is 37.4 Å². The van der Waals surface area contributed by atoms with Gasteiger partial charge in [-0.25, -0.2) is 4.79 Å². The normalized spacial score (nSPS) is 22.2. The second-order valence-corrected chi connectivity index (χ2v) is 5.41. The molecule has 0 bridgehead atoms. The summed E-state index contributed by atoms with van der Waals surface area (Å²) < 4.78 is 5.02. The number of amides is 1. The Balaban J connectivity index is 2.95. The van der Waals surface area contributed by atoms with E-state index in [1.165, 1.54) is 0 Å². The van der Waals surface area contributed by atoms with Gasteiger partial charge in [-0.15, -0.1) is 11.6 Å². The fourth-order valence-electron chi connectivity index (χ4n) is 2.02. The zero-order valence-corrected chi connectivity index (χ0v) is 12.3. The third-order valence-corrected chi connectivity index (χ3v) is 3.73. The standard InChI is InChI=1S/C13H19Cl2NO3/c1-2-3-7-10(17)12(19-13(16)18)11-8(14)5-4-6-9(11)15/h4-5,9-10,12,17H,2-3,6-7H2,1H3,(H2,16,18)/t9?,10-,12+/m1/s1. The first-order valence-electron chi connectivity index (χ1n) is 6.31. The number of aliphatic hydroxyl groups excluding tert-OH is 1. The van der Waals surface area contributed by atoms with Gasteiger partial charge in [0.1, 0.15) is 0 Å². The van der Waals surface area contributed by atoms with E-state index in [9.17, 15) is 9.90 Å². The van der Waals surface area contributed by atoms with Crippen molar-refractivity contribution in [2.24, 2.45) is 5.73 Å². The molecule has 3 atom stereocenters. The van der Waals surface area contributed by atoms with Gasteiger partial charge in [0.15, 0.2) is 6.10 Å². The second-order valence-electron chi connectivity index (χ2n) is 4.48. The van der Waals surface area contributed by atoms with Gasteiger partial charge in [0.25, 0.3) is 0 Å². The number of halogens is 2. The van der Waals surface area contributed by atoms with Crippen molar-refractivity contribution in [2.75, 3.05) is 0 Å². The zero-order valence-electron chi connectivity index (χ0n) is 10.8. The molecule has 0 aliphatic heterocycles. The number of unbranched alkanes of at least 4 members (excludes halogenated alkanes) is 1. The molecule has 19 heavy (non-hydrogen) atoms. The first-order chi connectivity index (χ1) is 8.97. The summed E-state index contributed by atoms with van der Waals surface area (Å²) in [6, 6.07) is 0. The van der Waals surface area contributed by atoms with Gasteiger partial charge in [-0.05, 0) is 18.9 Å². The molecule has 1 aliphatic rings. The number of rotatable bonds is 6. The summed E-state index contributed by atoms with van der Waals surface area (Å²) in [5, 5.41) is 10.2. The topological polar surface area (TPSA) is 72.6 Å². The van der Waals surface area contributed by atoms with Crippen molar-refractivity contribution in [2.45, 2.75) is 50.2 Å². The Bertz CT molecular complexity index is 382. The van der Waals surface area contributed by atoms with E-state index in [1.807, 2.05) is 13.0 Å². The maximum Gasteiger partial charge on any atom is 0.405 e. The number of carbonyl (C=O) groups is 1. The van der Waals surface area contributed by atoms with Crippen LogP contribution in [0.25, 0.3) is 0 Å². The highest BCUT2D eigenvalue weighted by molar-refractivity contribution is 6.33. The number of aliphatic hydroxyl groups is 1. The van der Waals surface area contributed by atoms with Gasteiger partial charge in [0.2, 0.25) is 0 Å². The van der Waals surface area contributed by atoms with E-state index < -0.39 is 23.7 Å². The molecule has 0 radical (unpaired) electrons. The highest BCUT2D eigenvalue weighted by atomic mass is 35.5. The molecule has 108 valence electrons. The second kappa shape index (κ2) is 7.78. The molecule has 1 aliphatic carbocycles. The van der Waals surface area contributed by atoms with Gasteiger partial charge in [0.05, 0.1) is 11.5 Å². The zero-order chi connectivity index (χ0) is 14.4. The first-order valence-corrected chi connectivity index (χ1v) is 7.13. The molecule has 0 aromatic heterocycles. The molecule has 0 aromatic carbocycles. The Kier molecular flexibility index (Phi) is 6.69. The lowest BCUT2D eigenvalue weighted by Gasteiger charge is -2.29. The molecule has 1 unspecified atom stereocenters. The average molecular weight is 308 g/mol. The number of ether oxygens (including phenoxy) is 1. The molecule has 6 heteroatoms. The Morgan fingerprint density at radius 2 is 2.37 bits per heavy atom. The fourth-order valence-corrected chi connectivity index (χ4v) is 2.75. The molecule has 0 aromatic rings. The molecule has 3 N–H and O–H groups in total. The largest absolute Gasteiger partial charge is 0.439 e. The van der Waals surface area contributed by atoms with Crippen LogP contribution in [-0.4, -0.2) is 28.8 Å². The first kappa shape index (κ1) is 16.3. The molecule has 1 rings (SSSR count). The van der Waals surface area contributed by atoms with E-state index in [0.717, 1.165) is 12.8 Å². The average Bonchev–Trinajstić information content (AvgIpc) is 2.34. The van der Waals surface area contributed by atoms with Crippen molar-refractivity contribution in [3.63, 3.8) is 0 Å². The molecule has 0 saturated heterocycles. The van der Waals surface area contributed by atoms with E-state index in [4.69, 9.17) is 33.7 Å². The van der Waals surface area contributed by atoms with Crippen LogP contribution in [0.15, 0.2) is 22.8 Å². The summed E-state index contributed by atoms with van der Waals surface area (Å²) in [7, 11) is 0. The quantitative estimate of drug-likeness (QED) is 0.741. The number of hydrogen-bond acceptors (Lipinski definition) is 3. The Labute approximate surface area is 123 Å². The number of carbonyl (C=O) groups excluding carboxylic acids is 1. The number of alkyl halides is 1. The molecule has 0 saturated carbocycles. The Morgan fingerprint density at radius 3 is 2.89 bits per heavy atom. The van der Waals surface area contributed by atoms with Crippen molar-refractivity contribution in [1.29, 1.82) is 0 Å². The lowest BCUT2D eigenvalue weighted by Crippen LogP contribution is -2.38. The minimum absolute atomic E-state index is 0.396. The van der Waals surface area contributed by atoms with Crippen LogP contribution < -0.4 is 5.73 Å². The molecular weight excluding hydrogens is 289 g/mol. The maximum atomic E-state index is 11.0. The summed E-state index contributed by atoms with van der Waals surface area (Å²) in [4.78, 5) is 11.0. The summed E-state index contributed by atoms with van der Waals surface area (Å²) in [6.07, 6.45) is 3.65. The van der Waals surface area contributed by atoms with Crippen LogP contribution in [0.2, 0.25) is 0 Å². The minimum atomic E-state index is -0.948. The fraction of sp³-hybridized carbons (Fsp3) is 0.615. The van der Waals surface area contributed by atoms with Gasteiger partial charge < -0.3 is 15.6 Å². The SMILES string of the molecule is CCCC[C@@H](O)[C@H](OC(N)=O)C1=C(Cl)C=CCC1Cl. The Hall–Kier alpha value is -0.710. The van der Waals surface area contributed by atoms with Crippen LogP contribution in [0.4, 0.5) is 4.79 Å². The highest BCUT2D eigenvalue weighted by Crippen LogP contribution is 2.32. The Morgan fingerprint density at radius 1 is 1.68 bits per heavy atom. The predicted octanol–water partition coefficient (Wildman–Crippen LogP) is 3.06. The van der Waals surface area contributed by atoms with Crippen LogP contribution in [0, 0.1) is 0 Å². The van der Waals surface area contributed by atoms with E-state index in [2.05, 4.69) is 0 Å². The number of primary amides is 1. The van der Waals surface area contributed by atoms with Crippen LogP contribution in [0.5, 0.6) is 0 Å². The van der Waals surface area contributed by atoms with E-state index in [-0.39, 0.29) is 0 Å². The molecule has 0 fully saturated rings. The van der Waals surface area contributed by atoms with Crippen molar-refractivity contribution in [3.8, 4) is 0 Å². The molecule has 4 nitrogen and oxygen atoms in total. The number of hydrogen-bond donors (Lipinski definition) is 2. The summed E-state index contributed by atoms with van der Waals surface area (Å²) in [6.45, 7) is 2.01. The minimum Gasteiger partial charge on any atom is -0.439 e. The van der Waals surface area contributed by atoms with E-state index in [1.54, 1.807) is 6.08 Å². The smallest absolute Gasteiger partial charge is 0.405 e. The predicted molar refractivity (Wildman–Crippen MR) is 76.3 cm³/mol. The number of nitrogens with two attached hydrogens (primary N) is 1. The summed E-state index contributed by atoms with van der Waals surface area (Å²) >= 11 is 12.3. The van der Waals surface area contributed by atoms with Gasteiger partial charge in [0, 0.05) is 10.6 Å². The van der Waals surface area contributed by atoms with Crippen molar-refractivity contribution in [3.05, 3.63) is 22.8 Å². The molecular formula is C13H19Cl2NO3. The highest BCUT2D eigenvalue weighted by Gasteiger charge is 2.33. The molecule has 0 spiro atoms. The third kappa shape index (κ3) is 4.71. The summed E-state index contributed by atoms with van der Waals surface area (Å²) in [5.41, 5.74) is 5.58. The van der Waals surface area contributed by atoms with Crippen LogP contribution in [0.3, 0.4) is 0 Å². The lowest BCUT2D eigenvalue weighted by molar-refractivity contribution is 0.0191. The van der Waals surface area contributed by atoms with Gasteiger partial charge >= 0.3 is 6.09 Å². The van der Waals surface area contributed by atoms with E-state index >= 15 is 0 Å². The molecule has 1 amide bonds. The molecule has 0 heterocycles. The van der Waals surface area contributed by atoms with E-state index in [0.29, 0.717) is 23.4 Å². The van der Waals surface area contributed by atoms with Crippen LogP contribution >= 0.6 is 23.2 Å². The van der Waals surface area contributed by atoms with Crippen molar-refractivity contribution >= 4 is 29.3 Å². The van der Waals surface area contributed by atoms with Gasteiger partial charge in [-0.2, -0.15) is 0 Å².